The highest BCUT2D eigenvalue weighted by Crippen LogP contribution is 2.39. The van der Waals surface area contributed by atoms with E-state index in [2.05, 4.69) is 10.5 Å². The van der Waals surface area contributed by atoms with E-state index in [1.807, 2.05) is 18.2 Å². The molecule has 2 unspecified atom stereocenters. The Morgan fingerprint density at radius 1 is 1.25 bits per heavy atom. The second-order valence-electron chi connectivity index (χ2n) is 8.03. The van der Waals surface area contributed by atoms with Crippen molar-refractivity contribution in [2.75, 3.05) is 11.9 Å². The molecule has 8 nitrogen and oxygen atoms in total. The van der Waals surface area contributed by atoms with Crippen LogP contribution in [0.15, 0.2) is 53.7 Å². The lowest BCUT2D eigenvalue weighted by atomic mass is 9.91. The molecule has 9 heteroatoms. The summed E-state index contributed by atoms with van der Waals surface area (Å²) in [5, 5.41) is 7.59. The summed E-state index contributed by atoms with van der Waals surface area (Å²) in [7, 11) is 0. The third-order valence-corrected chi connectivity index (χ3v) is 5.97. The molecule has 0 radical (unpaired) electrons. The van der Waals surface area contributed by atoms with Crippen LogP contribution in [0.5, 0.6) is 0 Å². The SMILES string of the molecule is CCC(=O)Nc1cccc(C2=NOC3(C2)CC(C(N)=O)N(C(=O)c2ccc(Cl)cc2)C3)c1. The molecule has 0 aliphatic carbocycles. The number of hydrogen-bond donors (Lipinski definition) is 2. The number of hydrogen-bond acceptors (Lipinski definition) is 5. The molecule has 1 saturated heterocycles. The van der Waals surface area contributed by atoms with Gasteiger partial charge in [-0.3, -0.25) is 14.4 Å². The first kappa shape index (κ1) is 21.8. The molecule has 1 fully saturated rings. The van der Waals surface area contributed by atoms with Crippen molar-refractivity contribution in [2.45, 2.75) is 37.8 Å². The van der Waals surface area contributed by atoms with Gasteiger partial charge in [-0.1, -0.05) is 35.8 Å². The molecule has 2 aromatic carbocycles. The number of oxime groups is 1. The molecule has 2 aliphatic rings. The van der Waals surface area contributed by atoms with Crippen molar-refractivity contribution in [3.8, 4) is 0 Å². The smallest absolute Gasteiger partial charge is 0.254 e. The number of amides is 3. The van der Waals surface area contributed by atoms with Crippen molar-refractivity contribution >= 4 is 40.7 Å². The van der Waals surface area contributed by atoms with Gasteiger partial charge in [-0.15, -0.1) is 0 Å². The molecule has 2 atom stereocenters. The molecule has 2 heterocycles. The predicted molar refractivity (Wildman–Crippen MR) is 120 cm³/mol. The zero-order valence-electron chi connectivity index (χ0n) is 17.5. The molecule has 2 aliphatic heterocycles. The molecule has 0 bridgehead atoms. The Kier molecular flexibility index (Phi) is 5.88. The summed E-state index contributed by atoms with van der Waals surface area (Å²) in [6.45, 7) is 1.96. The van der Waals surface area contributed by atoms with Crippen molar-refractivity contribution in [3.63, 3.8) is 0 Å². The summed E-state index contributed by atoms with van der Waals surface area (Å²) in [5.41, 5.74) is 7.34. The van der Waals surface area contributed by atoms with Crippen LogP contribution in [0.2, 0.25) is 5.02 Å². The third kappa shape index (κ3) is 4.31. The fraction of sp³-hybridized carbons (Fsp3) is 0.304. The van der Waals surface area contributed by atoms with Gasteiger partial charge in [-0.2, -0.15) is 0 Å². The van der Waals surface area contributed by atoms with Gasteiger partial charge in [0.15, 0.2) is 5.60 Å². The molecule has 3 N–H and O–H groups in total. The van der Waals surface area contributed by atoms with Crippen molar-refractivity contribution in [1.29, 1.82) is 0 Å². The van der Waals surface area contributed by atoms with Crippen LogP contribution >= 0.6 is 11.6 Å². The average Bonchev–Trinajstić information content (AvgIpc) is 3.38. The number of benzene rings is 2. The summed E-state index contributed by atoms with van der Waals surface area (Å²) >= 11 is 5.92. The first-order valence-electron chi connectivity index (χ1n) is 10.3. The Bertz CT molecular complexity index is 1100. The average molecular weight is 455 g/mol. The minimum absolute atomic E-state index is 0.0836. The topological polar surface area (TPSA) is 114 Å². The van der Waals surface area contributed by atoms with E-state index in [-0.39, 0.29) is 24.8 Å². The largest absolute Gasteiger partial charge is 0.387 e. The van der Waals surface area contributed by atoms with E-state index in [9.17, 15) is 14.4 Å². The lowest BCUT2D eigenvalue weighted by Crippen LogP contribution is -2.44. The second kappa shape index (κ2) is 8.63. The molecular formula is C23H23ClN4O4. The number of carbonyl (C=O) groups is 3. The van der Waals surface area contributed by atoms with E-state index in [0.29, 0.717) is 34.8 Å². The van der Waals surface area contributed by atoms with Gasteiger partial charge in [0, 0.05) is 41.1 Å². The number of primary amides is 1. The number of nitrogens with two attached hydrogens (primary N) is 1. The van der Waals surface area contributed by atoms with Crippen LogP contribution < -0.4 is 11.1 Å². The van der Waals surface area contributed by atoms with Crippen LogP contribution in [0.25, 0.3) is 0 Å². The number of likely N-dealkylation sites (tertiary alicyclic amines) is 1. The molecule has 1 spiro atoms. The molecule has 0 saturated carbocycles. The van der Waals surface area contributed by atoms with Crippen LogP contribution in [0.4, 0.5) is 5.69 Å². The maximum atomic E-state index is 13.1. The Morgan fingerprint density at radius 2 is 2.00 bits per heavy atom. The number of anilines is 1. The van der Waals surface area contributed by atoms with Gasteiger partial charge in [-0.05, 0) is 36.4 Å². The first-order valence-corrected chi connectivity index (χ1v) is 10.7. The highest BCUT2D eigenvalue weighted by atomic mass is 35.5. The quantitative estimate of drug-likeness (QED) is 0.722. The standard InChI is InChI=1S/C23H23ClN4O4/c1-2-20(29)26-17-5-3-4-15(10-17)18-11-23(32-27-18)12-19(21(25)30)28(13-23)22(31)14-6-8-16(24)9-7-14/h3-10,19H,2,11-13H2,1H3,(H2,25,30)(H,26,29). The molecular weight excluding hydrogens is 432 g/mol. The normalized spacial score (nSPS) is 21.9. The third-order valence-electron chi connectivity index (χ3n) is 5.72. The summed E-state index contributed by atoms with van der Waals surface area (Å²) < 4.78 is 0. The number of nitrogens with zero attached hydrogens (tertiary/aromatic N) is 2. The molecule has 4 rings (SSSR count). The van der Waals surface area contributed by atoms with Gasteiger partial charge in [0.25, 0.3) is 5.91 Å². The minimum atomic E-state index is -0.834. The maximum Gasteiger partial charge on any atom is 0.254 e. The van der Waals surface area contributed by atoms with Gasteiger partial charge in [0.05, 0.1) is 12.3 Å². The summed E-state index contributed by atoms with van der Waals surface area (Å²) in [6.07, 6.45) is 1.04. The second-order valence-corrected chi connectivity index (χ2v) is 8.47. The highest BCUT2D eigenvalue weighted by Gasteiger charge is 2.53. The zero-order chi connectivity index (χ0) is 22.9. The van der Waals surface area contributed by atoms with Gasteiger partial charge >= 0.3 is 0 Å². The summed E-state index contributed by atoms with van der Waals surface area (Å²) in [5.74, 6) is -0.992. The van der Waals surface area contributed by atoms with E-state index >= 15 is 0 Å². The molecule has 3 amide bonds. The van der Waals surface area contributed by atoms with E-state index in [4.69, 9.17) is 22.2 Å². The maximum absolute atomic E-state index is 13.1. The monoisotopic (exact) mass is 454 g/mol. The molecule has 0 aromatic heterocycles. The number of carbonyl (C=O) groups excluding carboxylic acids is 3. The van der Waals surface area contributed by atoms with Crippen LogP contribution in [-0.2, 0) is 14.4 Å². The lowest BCUT2D eigenvalue weighted by Gasteiger charge is -2.23. The summed E-state index contributed by atoms with van der Waals surface area (Å²) in [4.78, 5) is 44.2. The van der Waals surface area contributed by atoms with Crippen LogP contribution in [0, 0.1) is 0 Å². The van der Waals surface area contributed by atoms with E-state index in [1.54, 1.807) is 37.3 Å². The van der Waals surface area contributed by atoms with Crippen molar-refractivity contribution in [3.05, 3.63) is 64.7 Å². The minimum Gasteiger partial charge on any atom is -0.387 e. The fourth-order valence-electron chi connectivity index (χ4n) is 4.07. The number of nitrogens with one attached hydrogen (secondary N) is 1. The lowest BCUT2D eigenvalue weighted by molar-refractivity contribution is -0.122. The van der Waals surface area contributed by atoms with Crippen LogP contribution in [0.1, 0.15) is 42.1 Å². The van der Waals surface area contributed by atoms with Gasteiger partial charge in [-0.25, -0.2) is 0 Å². The van der Waals surface area contributed by atoms with Crippen LogP contribution in [-0.4, -0.2) is 46.5 Å². The first-order chi connectivity index (χ1) is 15.3. The van der Waals surface area contributed by atoms with Gasteiger partial charge in [0.1, 0.15) is 6.04 Å². The Hall–Kier alpha value is -3.39. The van der Waals surface area contributed by atoms with Gasteiger partial charge < -0.3 is 20.8 Å². The van der Waals surface area contributed by atoms with E-state index in [1.165, 1.54) is 4.90 Å². The Labute approximate surface area is 190 Å². The molecule has 32 heavy (non-hydrogen) atoms. The fourth-order valence-corrected chi connectivity index (χ4v) is 4.20. The van der Waals surface area contributed by atoms with E-state index in [0.717, 1.165) is 5.56 Å². The predicted octanol–water partition coefficient (Wildman–Crippen LogP) is 2.95. The number of rotatable bonds is 5. The van der Waals surface area contributed by atoms with Crippen molar-refractivity contribution < 1.29 is 19.2 Å². The van der Waals surface area contributed by atoms with Crippen molar-refractivity contribution in [2.24, 2.45) is 10.9 Å². The van der Waals surface area contributed by atoms with Gasteiger partial charge in [0.2, 0.25) is 11.8 Å². The molecule has 2 aromatic rings. The number of halogens is 1. The Morgan fingerprint density at radius 3 is 2.69 bits per heavy atom. The van der Waals surface area contributed by atoms with E-state index < -0.39 is 17.6 Å². The molecule has 166 valence electrons. The van der Waals surface area contributed by atoms with Crippen LogP contribution in [0.3, 0.4) is 0 Å². The van der Waals surface area contributed by atoms with Crippen molar-refractivity contribution in [1.82, 2.24) is 4.90 Å². The highest BCUT2D eigenvalue weighted by molar-refractivity contribution is 6.30. The summed E-state index contributed by atoms with van der Waals surface area (Å²) in [6, 6.07) is 13.0. The zero-order valence-corrected chi connectivity index (χ0v) is 18.3. The Balaban J connectivity index is 1.53.